The number of carbonyl (C=O) groups excluding carboxylic acids is 1. The lowest BCUT2D eigenvalue weighted by Gasteiger charge is -2.28. The first-order chi connectivity index (χ1) is 7.55. The lowest BCUT2D eigenvalue weighted by molar-refractivity contribution is -0.131. The molecule has 1 amide bonds. The maximum absolute atomic E-state index is 11.8. The fourth-order valence-electron chi connectivity index (χ4n) is 1.89. The van der Waals surface area contributed by atoms with Crippen molar-refractivity contribution in [3.05, 3.63) is 0 Å². The molecule has 1 aliphatic heterocycles. The summed E-state index contributed by atoms with van der Waals surface area (Å²) in [4.78, 5) is 13.8. The van der Waals surface area contributed by atoms with Gasteiger partial charge in [0.1, 0.15) is 0 Å². The largest absolute Gasteiger partial charge is 0.342 e. The first-order valence-electron chi connectivity index (χ1n) is 6.54. The van der Waals surface area contributed by atoms with Crippen LogP contribution in [0.5, 0.6) is 0 Å². The summed E-state index contributed by atoms with van der Waals surface area (Å²) in [6.45, 7) is 9.98. The molecule has 0 saturated carbocycles. The standard InChI is InChI=1S/C13H26N2O/c1-4-13(2,3)11-14-10-12(16)15-8-6-5-7-9-15/h14H,4-11H2,1-3H3. The van der Waals surface area contributed by atoms with Crippen molar-refractivity contribution in [2.24, 2.45) is 5.41 Å². The van der Waals surface area contributed by atoms with Crippen molar-refractivity contribution in [2.45, 2.75) is 46.5 Å². The van der Waals surface area contributed by atoms with Crippen LogP contribution in [-0.2, 0) is 4.79 Å². The Morgan fingerprint density at radius 2 is 1.88 bits per heavy atom. The van der Waals surface area contributed by atoms with E-state index in [-0.39, 0.29) is 5.91 Å². The van der Waals surface area contributed by atoms with Crippen LogP contribution in [0.2, 0.25) is 0 Å². The molecule has 1 saturated heterocycles. The fourth-order valence-corrected chi connectivity index (χ4v) is 1.89. The molecule has 1 rings (SSSR count). The third-order valence-electron chi connectivity index (χ3n) is 3.55. The molecule has 0 radical (unpaired) electrons. The van der Waals surface area contributed by atoms with Crippen LogP contribution in [0, 0.1) is 5.41 Å². The molecule has 1 aliphatic rings. The summed E-state index contributed by atoms with van der Waals surface area (Å²) in [6.07, 6.45) is 4.76. The summed E-state index contributed by atoms with van der Waals surface area (Å²) in [5.41, 5.74) is 0.294. The van der Waals surface area contributed by atoms with E-state index in [0.717, 1.165) is 26.1 Å². The Kier molecular flexibility index (Phi) is 5.26. The number of piperidine rings is 1. The number of nitrogens with one attached hydrogen (secondary N) is 1. The molecule has 16 heavy (non-hydrogen) atoms. The van der Waals surface area contributed by atoms with E-state index in [4.69, 9.17) is 0 Å². The maximum Gasteiger partial charge on any atom is 0.236 e. The Morgan fingerprint density at radius 3 is 2.44 bits per heavy atom. The molecule has 0 aliphatic carbocycles. The third-order valence-corrected chi connectivity index (χ3v) is 3.55. The van der Waals surface area contributed by atoms with Gasteiger partial charge in [-0.25, -0.2) is 0 Å². The van der Waals surface area contributed by atoms with Crippen molar-refractivity contribution in [3.63, 3.8) is 0 Å². The van der Waals surface area contributed by atoms with Crippen molar-refractivity contribution in [3.8, 4) is 0 Å². The van der Waals surface area contributed by atoms with Crippen LogP contribution >= 0.6 is 0 Å². The minimum atomic E-state index is 0.270. The molecule has 0 unspecified atom stereocenters. The van der Waals surface area contributed by atoms with Crippen LogP contribution < -0.4 is 5.32 Å². The SMILES string of the molecule is CCC(C)(C)CNCC(=O)N1CCCCC1. The Balaban J connectivity index is 2.19. The Bertz CT molecular complexity index is 220. The van der Waals surface area contributed by atoms with E-state index in [1.54, 1.807) is 0 Å². The van der Waals surface area contributed by atoms with Gasteiger partial charge in [-0.3, -0.25) is 4.79 Å². The van der Waals surface area contributed by atoms with Gasteiger partial charge in [0.2, 0.25) is 5.91 Å². The predicted octanol–water partition coefficient (Wildman–Crippen LogP) is 2.02. The van der Waals surface area contributed by atoms with Gasteiger partial charge < -0.3 is 10.2 Å². The van der Waals surface area contributed by atoms with Gasteiger partial charge >= 0.3 is 0 Å². The van der Waals surface area contributed by atoms with Crippen molar-refractivity contribution < 1.29 is 4.79 Å². The molecule has 0 spiro atoms. The zero-order chi connectivity index (χ0) is 12.0. The van der Waals surface area contributed by atoms with E-state index < -0.39 is 0 Å². The van der Waals surface area contributed by atoms with Gasteiger partial charge in [-0.05, 0) is 31.1 Å². The minimum absolute atomic E-state index is 0.270. The molecule has 0 aromatic carbocycles. The highest BCUT2D eigenvalue weighted by atomic mass is 16.2. The smallest absolute Gasteiger partial charge is 0.236 e. The molecule has 0 aromatic rings. The fraction of sp³-hybridized carbons (Fsp3) is 0.923. The summed E-state index contributed by atoms with van der Waals surface area (Å²) in [6, 6.07) is 0. The van der Waals surface area contributed by atoms with E-state index in [9.17, 15) is 4.79 Å². The Hall–Kier alpha value is -0.570. The topological polar surface area (TPSA) is 32.3 Å². The van der Waals surface area contributed by atoms with Crippen molar-refractivity contribution in [1.29, 1.82) is 0 Å². The molecule has 94 valence electrons. The van der Waals surface area contributed by atoms with Gasteiger partial charge in [-0.2, -0.15) is 0 Å². The number of nitrogens with zero attached hydrogens (tertiary/aromatic N) is 1. The average Bonchev–Trinajstić information content (AvgIpc) is 2.30. The zero-order valence-electron chi connectivity index (χ0n) is 11.0. The second-order valence-electron chi connectivity index (χ2n) is 5.56. The number of hydrogen-bond donors (Lipinski definition) is 1. The van der Waals surface area contributed by atoms with Crippen molar-refractivity contribution >= 4 is 5.91 Å². The van der Waals surface area contributed by atoms with E-state index >= 15 is 0 Å². The monoisotopic (exact) mass is 226 g/mol. The Morgan fingerprint density at radius 1 is 1.25 bits per heavy atom. The second kappa shape index (κ2) is 6.24. The van der Waals surface area contributed by atoms with E-state index in [2.05, 4.69) is 26.1 Å². The van der Waals surface area contributed by atoms with Crippen LogP contribution in [0.3, 0.4) is 0 Å². The maximum atomic E-state index is 11.8. The summed E-state index contributed by atoms with van der Waals surface area (Å²) >= 11 is 0. The van der Waals surface area contributed by atoms with Crippen LogP contribution in [-0.4, -0.2) is 37.0 Å². The van der Waals surface area contributed by atoms with Crippen molar-refractivity contribution in [2.75, 3.05) is 26.2 Å². The van der Waals surface area contributed by atoms with Gasteiger partial charge in [0.25, 0.3) is 0 Å². The number of amides is 1. The first-order valence-corrected chi connectivity index (χ1v) is 6.54. The van der Waals surface area contributed by atoms with Gasteiger partial charge in [-0.1, -0.05) is 20.8 Å². The first kappa shape index (κ1) is 13.5. The van der Waals surface area contributed by atoms with E-state index in [0.29, 0.717) is 12.0 Å². The molecule has 0 aromatic heterocycles. The number of carbonyl (C=O) groups is 1. The van der Waals surface area contributed by atoms with E-state index in [1.807, 2.05) is 4.90 Å². The molecular formula is C13H26N2O. The summed E-state index contributed by atoms with van der Waals surface area (Å²) < 4.78 is 0. The molecule has 1 heterocycles. The summed E-state index contributed by atoms with van der Waals surface area (Å²) in [5.74, 6) is 0.270. The molecule has 0 bridgehead atoms. The molecule has 1 fully saturated rings. The highest BCUT2D eigenvalue weighted by Crippen LogP contribution is 2.17. The lowest BCUT2D eigenvalue weighted by Crippen LogP contribution is -2.42. The second-order valence-corrected chi connectivity index (χ2v) is 5.56. The molecule has 0 atom stereocenters. The number of likely N-dealkylation sites (tertiary alicyclic amines) is 1. The van der Waals surface area contributed by atoms with Crippen molar-refractivity contribution in [1.82, 2.24) is 10.2 Å². The summed E-state index contributed by atoms with van der Waals surface area (Å²) in [5, 5.41) is 3.28. The lowest BCUT2D eigenvalue weighted by atomic mass is 9.90. The molecular weight excluding hydrogens is 200 g/mol. The Labute approximate surface area is 99.6 Å². The number of hydrogen-bond acceptors (Lipinski definition) is 2. The van der Waals surface area contributed by atoms with Gasteiger partial charge in [-0.15, -0.1) is 0 Å². The van der Waals surface area contributed by atoms with E-state index in [1.165, 1.54) is 19.3 Å². The minimum Gasteiger partial charge on any atom is -0.342 e. The molecule has 3 nitrogen and oxygen atoms in total. The molecule has 1 N–H and O–H groups in total. The highest BCUT2D eigenvalue weighted by molar-refractivity contribution is 5.78. The van der Waals surface area contributed by atoms with Crippen LogP contribution in [0.4, 0.5) is 0 Å². The summed E-state index contributed by atoms with van der Waals surface area (Å²) in [7, 11) is 0. The third kappa shape index (κ3) is 4.52. The van der Waals surface area contributed by atoms with Crippen LogP contribution in [0.25, 0.3) is 0 Å². The van der Waals surface area contributed by atoms with Gasteiger partial charge in [0.15, 0.2) is 0 Å². The van der Waals surface area contributed by atoms with Gasteiger partial charge in [0, 0.05) is 19.6 Å². The molecule has 3 heteroatoms. The van der Waals surface area contributed by atoms with Crippen LogP contribution in [0.1, 0.15) is 46.5 Å². The highest BCUT2D eigenvalue weighted by Gasteiger charge is 2.18. The predicted molar refractivity (Wildman–Crippen MR) is 67.4 cm³/mol. The van der Waals surface area contributed by atoms with Crippen LogP contribution in [0.15, 0.2) is 0 Å². The quantitative estimate of drug-likeness (QED) is 0.778. The average molecular weight is 226 g/mol. The zero-order valence-corrected chi connectivity index (χ0v) is 11.0. The number of rotatable bonds is 5. The normalized spacial score (nSPS) is 17.6. The van der Waals surface area contributed by atoms with Gasteiger partial charge in [0.05, 0.1) is 6.54 Å².